The van der Waals surface area contributed by atoms with Gasteiger partial charge in [0.25, 0.3) is 0 Å². The number of halogens is 3. The maximum atomic E-state index is 12.0. The van der Waals surface area contributed by atoms with Gasteiger partial charge in [0.2, 0.25) is 0 Å². The van der Waals surface area contributed by atoms with E-state index in [4.69, 9.17) is 5.11 Å². The number of carbonyl (C=O) groups excluding carboxylic acids is 1. The maximum absolute atomic E-state index is 12.0. The van der Waals surface area contributed by atoms with Gasteiger partial charge in [0.05, 0.1) is 12.8 Å². The van der Waals surface area contributed by atoms with Crippen molar-refractivity contribution in [2.24, 2.45) is 0 Å². The third kappa shape index (κ3) is 8.35. The number of hydrogen-bond acceptors (Lipinski definition) is 2. The third-order valence-electron chi connectivity index (χ3n) is 1.92. The largest absolute Gasteiger partial charge is 0.481 e. The number of carboxylic acid groups (broad SMARTS) is 1. The van der Waals surface area contributed by atoms with Gasteiger partial charge in [-0.2, -0.15) is 13.2 Å². The molecule has 0 heterocycles. The first-order valence-corrected chi connectivity index (χ1v) is 4.92. The Balaban J connectivity index is 4.03. The molecule has 0 aliphatic heterocycles. The van der Waals surface area contributed by atoms with E-state index in [1.54, 1.807) is 0 Å². The molecule has 0 aliphatic carbocycles. The molecule has 0 rings (SSSR count). The zero-order chi connectivity index (χ0) is 13.6. The Morgan fingerprint density at radius 3 is 2.35 bits per heavy atom. The van der Waals surface area contributed by atoms with E-state index in [0.717, 1.165) is 4.90 Å². The van der Waals surface area contributed by atoms with Crippen molar-refractivity contribution >= 4 is 12.0 Å². The molecule has 17 heavy (non-hydrogen) atoms. The van der Waals surface area contributed by atoms with E-state index in [2.05, 4.69) is 5.32 Å². The van der Waals surface area contributed by atoms with E-state index in [9.17, 15) is 22.8 Å². The fourth-order valence-corrected chi connectivity index (χ4v) is 1.08. The van der Waals surface area contributed by atoms with Crippen LogP contribution < -0.4 is 5.32 Å². The van der Waals surface area contributed by atoms with Crippen LogP contribution in [0.4, 0.5) is 18.0 Å². The molecule has 0 radical (unpaired) electrons. The molecule has 0 aliphatic rings. The smallest absolute Gasteiger partial charge is 0.391 e. The number of carbonyl (C=O) groups is 2. The van der Waals surface area contributed by atoms with Crippen molar-refractivity contribution in [1.29, 1.82) is 0 Å². The van der Waals surface area contributed by atoms with Crippen molar-refractivity contribution in [2.45, 2.75) is 32.0 Å². The lowest BCUT2D eigenvalue weighted by Crippen LogP contribution is -2.44. The SMILES string of the molecule is CC(CC(F)(F)F)NC(=O)N(C)CCC(=O)O. The number of urea groups is 1. The highest BCUT2D eigenvalue weighted by Gasteiger charge is 2.30. The van der Waals surface area contributed by atoms with Gasteiger partial charge < -0.3 is 15.3 Å². The highest BCUT2D eigenvalue weighted by Crippen LogP contribution is 2.21. The summed E-state index contributed by atoms with van der Waals surface area (Å²) in [6.45, 7) is 1.18. The molecule has 0 fully saturated rings. The highest BCUT2D eigenvalue weighted by atomic mass is 19.4. The van der Waals surface area contributed by atoms with E-state index in [-0.39, 0.29) is 13.0 Å². The summed E-state index contributed by atoms with van der Waals surface area (Å²) in [6, 6.07) is -1.77. The Hall–Kier alpha value is -1.47. The Kier molecular flexibility index (Phi) is 5.77. The van der Waals surface area contributed by atoms with Crippen molar-refractivity contribution in [2.75, 3.05) is 13.6 Å². The first kappa shape index (κ1) is 15.5. The van der Waals surface area contributed by atoms with E-state index >= 15 is 0 Å². The predicted molar refractivity (Wildman–Crippen MR) is 53.5 cm³/mol. The minimum atomic E-state index is -4.34. The van der Waals surface area contributed by atoms with Crippen LogP contribution in [-0.2, 0) is 4.79 Å². The molecule has 1 atom stereocenters. The Bertz CT molecular complexity index is 281. The lowest BCUT2D eigenvalue weighted by molar-refractivity contribution is -0.138. The van der Waals surface area contributed by atoms with Crippen molar-refractivity contribution < 1.29 is 27.9 Å². The molecule has 0 saturated heterocycles. The normalized spacial score (nSPS) is 13.0. The Morgan fingerprint density at radius 1 is 1.41 bits per heavy atom. The number of nitrogens with one attached hydrogen (secondary N) is 1. The molecule has 0 aromatic carbocycles. The molecule has 0 spiro atoms. The molecule has 0 bridgehead atoms. The van der Waals surface area contributed by atoms with Gasteiger partial charge in [-0.1, -0.05) is 0 Å². The molecule has 0 aromatic rings. The highest BCUT2D eigenvalue weighted by molar-refractivity contribution is 5.75. The van der Waals surface area contributed by atoms with Crippen molar-refractivity contribution in [1.82, 2.24) is 10.2 Å². The predicted octanol–water partition coefficient (Wildman–Crippen LogP) is 1.44. The van der Waals surface area contributed by atoms with Crippen LogP contribution in [0.1, 0.15) is 19.8 Å². The summed E-state index contributed by atoms with van der Waals surface area (Å²) in [7, 11) is 1.32. The average molecular weight is 256 g/mol. The number of carboxylic acids is 1. The monoisotopic (exact) mass is 256 g/mol. The lowest BCUT2D eigenvalue weighted by atomic mass is 10.2. The number of nitrogens with zero attached hydrogens (tertiary/aromatic N) is 1. The fraction of sp³-hybridized carbons (Fsp3) is 0.778. The van der Waals surface area contributed by atoms with Crippen LogP contribution in [0, 0.1) is 0 Å². The summed E-state index contributed by atoms with van der Waals surface area (Å²) in [4.78, 5) is 22.6. The van der Waals surface area contributed by atoms with E-state index in [1.165, 1.54) is 14.0 Å². The molecule has 100 valence electrons. The average Bonchev–Trinajstić information content (AvgIpc) is 2.10. The number of amides is 2. The molecule has 0 saturated carbocycles. The standard InChI is InChI=1S/C9H15F3N2O3/c1-6(5-9(10,11)12)13-8(17)14(2)4-3-7(15)16/h6H,3-5H2,1-2H3,(H,13,17)(H,15,16). The van der Waals surface area contributed by atoms with Crippen molar-refractivity contribution in [3.63, 3.8) is 0 Å². The van der Waals surface area contributed by atoms with Gasteiger partial charge in [-0.25, -0.2) is 4.79 Å². The van der Waals surface area contributed by atoms with Gasteiger partial charge in [0, 0.05) is 19.6 Å². The number of aliphatic carboxylic acids is 1. The second kappa shape index (κ2) is 6.31. The van der Waals surface area contributed by atoms with Gasteiger partial charge in [-0.15, -0.1) is 0 Å². The van der Waals surface area contributed by atoms with E-state index in [0.29, 0.717) is 0 Å². The van der Waals surface area contributed by atoms with Crippen molar-refractivity contribution in [3.8, 4) is 0 Å². The molecule has 2 amide bonds. The Morgan fingerprint density at radius 2 is 1.94 bits per heavy atom. The van der Waals surface area contributed by atoms with Gasteiger partial charge in [0.15, 0.2) is 0 Å². The van der Waals surface area contributed by atoms with E-state index in [1.807, 2.05) is 0 Å². The number of rotatable bonds is 5. The maximum Gasteiger partial charge on any atom is 0.391 e. The zero-order valence-electron chi connectivity index (χ0n) is 9.54. The minimum absolute atomic E-state index is 0.0557. The summed E-state index contributed by atoms with van der Waals surface area (Å²) in [5, 5.41) is 10.5. The van der Waals surface area contributed by atoms with Gasteiger partial charge >= 0.3 is 18.2 Å². The zero-order valence-corrected chi connectivity index (χ0v) is 9.54. The minimum Gasteiger partial charge on any atom is -0.481 e. The Labute approximate surface area is 96.6 Å². The van der Waals surface area contributed by atoms with E-state index < -0.39 is 30.6 Å². The first-order chi connectivity index (χ1) is 7.61. The van der Waals surface area contributed by atoms with Crippen LogP contribution in [0.5, 0.6) is 0 Å². The van der Waals surface area contributed by atoms with Crippen LogP contribution >= 0.6 is 0 Å². The summed E-state index contributed by atoms with van der Waals surface area (Å²) >= 11 is 0. The van der Waals surface area contributed by atoms with Crippen molar-refractivity contribution in [3.05, 3.63) is 0 Å². The topological polar surface area (TPSA) is 69.6 Å². The number of hydrogen-bond donors (Lipinski definition) is 2. The van der Waals surface area contributed by atoms with Gasteiger partial charge in [-0.05, 0) is 6.92 Å². The summed E-state index contributed by atoms with van der Waals surface area (Å²) < 4.78 is 35.9. The first-order valence-electron chi connectivity index (χ1n) is 4.92. The van der Waals surface area contributed by atoms with Crippen LogP contribution in [0.3, 0.4) is 0 Å². The van der Waals surface area contributed by atoms with Gasteiger partial charge in [0.1, 0.15) is 0 Å². The summed E-state index contributed by atoms with van der Waals surface area (Å²) in [5.74, 6) is -1.08. The molecule has 1 unspecified atom stereocenters. The molecular formula is C9H15F3N2O3. The quantitative estimate of drug-likeness (QED) is 0.782. The summed E-state index contributed by atoms with van der Waals surface area (Å²) in [5.41, 5.74) is 0. The third-order valence-corrected chi connectivity index (χ3v) is 1.92. The second-order valence-electron chi connectivity index (χ2n) is 3.74. The van der Waals surface area contributed by atoms with Crippen LogP contribution in [0.25, 0.3) is 0 Å². The molecule has 8 heteroatoms. The molecule has 0 aromatic heterocycles. The second-order valence-corrected chi connectivity index (χ2v) is 3.74. The van der Waals surface area contributed by atoms with Crippen LogP contribution in [-0.4, -0.2) is 47.8 Å². The molecule has 2 N–H and O–H groups in total. The van der Waals surface area contributed by atoms with Crippen LogP contribution in [0.2, 0.25) is 0 Å². The summed E-state index contributed by atoms with van der Waals surface area (Å²) in [6.07, 6.45) is -5.71. The van der Waals surface area contributed by atoms with Gasteiger partial charge in [-0.3, -0.25) is 4.79 Å². The fourth-order valence-electron chi connectivity index (χ4n) is 1.08. The number of alkyl halides is 3. The molecular weight excluding hydrogens is 241 g/mol. The lowest BCUT2D eigenvalue weighted by Gasteiger charge is -2.21. The van der Waals surface area contributed by atoms with Crippen LogP contribution in [0.15, 0.2) is 0 Å². The molecule has 5 nitrogen and oxygen atoms in total.